The first-order valence-electron chi connectivity index (χ1n) is 14.3. The van der Waals surface area contributed by atoms with Crippen LogP contribution in [0, 0.1) is 11.8 Å². The van der Waals surface area contributed by atoms with E-state index in [1.165, 1.54) is 57.8 Å². The molecule has 2 saturated heterocycles. The Morgan fingerprint density at radius 2 is 1.65 bits per heavy atom. The molecule has 0 spiro atoms. The van der Waals surface area contributed by atoms with Crippen molar-refractivity contribution in [1.29, 1.82) is 0 Å². The second-order valence-electron chi connectivity index (χ2n) is 11.6. The van der Waals surface area contributed by atoms with Crippen LogP contribution in [-0.4, -0.2) is 56.0 Å². The monoisotopic (exact) mass is 506 g/mol. The quantitative estimate of drug-likeness (QED) is 0.449. The lowest BCUT2D eigenvalue weighted by Crippen LogP contribution is -2.52. The van der Waals surface area contributed by atoms with Crippen LogP contribution in [0.5, 0.6) is 0 Å². The Morgan fingerprint density at radius 1 is 0.973 bits per heavy atom. The third-order valence-electron chi connectivity index (χ3n) is 9.41. The number of aromatic nitrogens is 2. The van der Waals surface area contributed by atoms with E-state index in [1.807, 2.05) is 28.8 Å². The van der Waals surface area contributed by atoms with Crippen LogP contribution in [0.25, 0.3) is 11.0 Å². The van der Waals surface area contributed by atoms with E-state index in [0.29, 0.717) is 23.6 Å². The van der Waals surface area contributed by atoms with Gasteiger partial charge in [0, 0.05) is 24.2 Å². The summed E-state index contributed by atoms with van der Waals surface area (Å²) in [6, 6.07) is 9.19. The topological polar surface area (TPSA) is 97.0 Å². The zero-order chi connectivity index (χ0) is 25.5. The molecule has 2 aliphatic heterocycles. The summed E-state index contributed by atoms with van der Waals surface area (Å²) in [5.74, 6) is 0.460. The summed E-state index contributed by atoms with van der Waals surface area (Å²) in [7, 11) is 0. The third-order valence-corrected chi connectivity index (χ3v) is 9.41. The molecule has 6 rings (SSSR count). The smallest absolute Gasteiger partial charge is 0.360 e. The molecule has 2 aliphatic carbocycles. The molecule has 0 amide bonds. The van der Waals surface area contributed by atoms with Gasteiger partial charge in [-0.3, -0.25) is 9.69 Å². The van der Waals surface area contributed by atoms with Crippen LogP contribution in [0.4, 0.5) is 0 Å². The number of para-hydroxylation sites is 2. The van der Waals surface area contributed by atoms with Crippen molar-refractivity contribution in [1.82, 2.24) is 14.5 Å². The normalized spacial score (nSPS) is 32.3. The molecule has 2 saturated carbocycles. The number of hydrogen-bond donors (Lipinski definition) is 1. The molecule has 8 heteroatoms. The van der Waals surface area contributed by atoms with Crippen molar-refractivity contribution in [2.75, 3.05) is 6.61 Å². The van der Waals surface area contributed by atoms with Gasteiger partial charge in [0.25, 0.3) is 5.56 Å². The number of carboxylic acids is 1. The van der Waals surface area contributed by atoms with Gasteiger partial charge < -0.3 is 14.5 Å². The summed E-state index contributed by atoms with van der Waals surface area (Å²) < 4.78 is 1.82. The fourth-order valence-corrected chi connectivity index (χ4v) is 8.09. The third kappa shape index (κ3) is 4.58. The Hall–Kier alpha value is -2.74. The number of carbonyl (C=O) groups is 1. The number of nitrogens with zero attached hydrogens (tertiary/aromatic N) is 4. The highest BCUT2D eigenvalue weighted by atomic mass is 16.6. The summed E-state index contributed by atoms with van der Waals surface area (Å²) in [6.45, 7) is 1.93. The highest BCUT2D eigenvalue weighted by Gasteiger charge is 2.47. The number of rotatable bonds is 6. The van der Waals surface area contributed by atoms with Crippen LogP contribution in [0.1, 0.15) is 89.3 Å². The summed E-state index contributed by atoms with van der Waals surface area (Å²) >= 11 is 0. The van der Waals surface area contributed by atoms with Crippen molar-refractivity contribution in [3.8, 4) is 0 Å². The highest BCUT2D eigenvalue weighted by Crippen LogP contribution is 2.47. The fraction of sp³-hybridized carbons (Fsp3) is 0.655. The number of carboxylic acid groups (broad SMARTS) is 1. The van der Waals surface area contributed by atoms with Gasteiger partial charge in [0.15, 0.2) is 5.69 Å². The number of oxime groups is 1. The Balaban J connectivity index is 1.34. The zero-order valence-corrected chi connectivity index (χ0v) is 21.7. The minimum atomic E-state index is -1.31. The van der Waals surface area contributed by atoms with Crippen LogP contribution in [-0.2, 0) is 9.63 Å². The molecule has 4 fully saturated rings. The first kappa shape index (κ1) is 24.6. The summed E-state index contributed by atoms with van der Waals surface area (Å²) in [5.41, 5.74) is 0.399. The van der Waals surface area contributed by atoms with E-state index in [0.717, 1.165) is 30.2 Å². The molecule has 198 valence electrons. The molecule has 4 aliphatic rings. The van der Waals surface area contributed by atoms with Gasteiger partial charge in [-0.1, -0.05) is 43.0 Å². The molecule has 4 bridgehead atoms. The van der Waals surface area contributed by atoms with Crippen molar-refractivity contribution in [2.45, 2.75) is 102 Å². The van der Waals surface area contributed by atoms with Gasteiger partial charge in [0.2, 0.25) is 5.71 Å². The van der Waals surface area contributed by atoms with E-state index >= 15 is 0 Å². The van der Waals surface area contributed by atoms with Gasteiger partial charge in [-0.2, -0.15) is 0 Å². The van der Waals surface area contributed by atoms with Crippen molar-refractivity contribution >= 4 is 22.7 Å². The van der Waals surface area contributed by atoms with Gasteiger partial charge in [-0.05, 0) is 75.8 Å². The first-order chi connectivity index (χ1) is 18.0. The van der Waals surface area contributed by atoms with Crippen LogP contribution >= 0.6 is 0 Å². The minimum Gasteiger partial charge on any atom is -0.476 e. The maximum absolute atomic E-state index is 13.9. The lowest BCUT2D eigenvalue weighted by Gasteiger charge is -2.48. The highest BCUT2D eigenvalue weighted by molar-refractivity contribution is 6.41. The summed E-state index contributed by atoms with van der Waals surface area (Å²) in [5, 5.41) is 13.6. The van der Waals surface area contributed by atoms with Crippen molar-refractivity contribution < 1.29 is 14.7 Å². The molecule has 2 unspecified atom stereocenters. The van der Waals surface area contributed by atoms with E-state index < -0.39 is 11.7 Å². The van der Waals surface area contributed by atoms with Gasteiger partial charge in [0.1, 0.15) is 6.61 Å². The van der Waals surface area contributed by atoms with E-state index in [1.54, 1.807) is 6.92 Å². The zero-order valence-electron chi connectivity index (χ0n) is 21.7. The molecular formula is C29H38N4O4. The number of piperidine rings is 1. The van der Waals surface area contributed by atoms with Crippen molar-refractivity contribution in [3.63, 3.8) is 0 Å². The Kier molecular flexibility index (Phi) is 6.78. The molecule has 1 aromatic heterocycles. The first-order valence-corrected chi connectivity index (χ1v) is 14.3. The molecule has 6 atom stereocenters. The predicted octanol–water partition coefficient (Wildman–Crippen LogP) is 4.75. The molecule has 1 aromatic carbocycles. The van der Waals surface area contributed by atoms with Crippen molar-refractivity contribution in [3.05, 3.63) is 40.3 Å². The molecule has 3 heterocycles. The van der Waals surface area contributed by atoms with Crippen LogP contribution in [0.3, 0.4) is 0 Å². The summed E-state index contributed by atoms with van der Waals surface area (Å²) in [4.78, 5) is 38.2. The van der Waals surface area contributed by atoms with Crippen LogP contribution in [0.2, 0.25) is 0 Å². The maximum atomic E-state index is 13.9. The molecule has 37 heavy (non-hydrogen) atoms. The lowest BCUT2D eigenvalue weighted by molar-refractivity contribution is -0.129. The van der Waals surface area contributed by atoms with Crippen molar-refractivity contribution in [2.24, 2.45) is 17.0 Å². The lowest BCUT2D eigenvalue weighted by atomic mass is 9.76. The average molecular weight is 507 g/mol. The molecule has 0 radical (unpaired) electrons. The van der Waals surface area contributed by atoms with E-state index in [-0.39, 0.29) is 23.9 Å². The second kappa shape index (κ2) is 10.2. The van der Waals surface area contributed by atoms with E-state index in [2.05, 4.69) is 15.0 Å². The fourth-order valence-electron chi connectivity index (χ4n) is 8.09. The van der Waals surface area contributed by atoms with Crippen LogP contribution < -0.4 is 5.56 Å². The molecule has 8 nitrogen and oxygen atoms in total. The Morgan fingerprint density at radius 3 is 2.30 bits per heavy atom. The van der Waals surface area contributed by atoms with Gasteiger partial charge in [-0.15, -0.1) is 0 Å². The number of hydrogen-bond acceptors (Lipinski definition) is 6. The van der Waals surface area contributed by atoms with Gasteiger partial charge >= 0.3 is 5.97 Å². The summed E-state index contributed by atoms with van der Waals surface area (Å²) in [6.07, 6.45) is 13.9. The standard InChI is InChI=1S/C29H38N4O4/c1-2-37-31-27(29(35)36)26-28(34)33(25-10-6-5-9-24(25)30-26)23-16-20-11-12-21(17-23)32(20)22-14-18-7-3-4-8-19(13-18)15-22/h5-6,9-10,18-23H,2-4,7-8,11-17H2,1H3,(H,35,36)/t18-,19+,20-,21+,22?,23?. The Labute approximate surface area is 217 Å². The SMILES string of the molecule is CCON=C(C(=O)O)c1nc2ccccc2n(C2C[C@H]3CC[C@@H](C2)N3C2C[C@H]3CCCC[C@@H](C2)C3)c1=O. The number of benzene rings is 1. The number of fused-ring (bicyclic) bond motifs is 5. The van der Waals surface area contributed by atoms with E-state index in [9.17, 15) is 14.7 Å². The minimum absolute atomic E-state index is 0.0147. The largest absolute Gasteiger partial charge is 0.476 e. The maximum Gasteiger partial charge on any atom is 0.360 e. The Bertz CT molecular complexity index is 1230. The number of aliphatic carboxylic acids is 1. The van der Waals surface area contributed by atoms with Gasteiger partial charge in [-0.25, -0.2) is 9.78 Å². The average Bonchev–Trinajstić information content (AvgIpc) is 3.04. The molecule has 2 aromatic rings. The van der Waals surface area contributed by atoms with Crippen LogP contribution in [0.15, 0.2) is 34.2 Å². The van der Waals surface area contributed by atoms with Gasteiger partial charge in [0.05, 0.1) is 11.0 Å². The second-order valence-corrected chi connectivity index (χ2v) is 11.6. The molecular weight excluding hydrogens is 468 g/mol. The van der Waals surface area contributed by atoms with E-state index in [4.69, 9.17) is 4.84 Å². The molecule has 1 N–H and O–H groups in total. The predicted molar refractivity (Wildman–Crippen MR) is 142 cm³/mol.